The van der Waals surface area contributed by atoms with Gasteiger partial charge in [0.05, 0.1) is 13.7 Å². The zero-order chi connectivity index (χ0) is 16.1. The SMILES string of the molecule is COCc1cc(C(=O)Nc2c(C)cccc2C)ccc1OC. The van der Waals surface area contributed by atoms with E-state index < -0.39 is 0 Å². The van der Waals surface area contributed by atoms with Crippen molar-refractivity contribution >= 4 is 11.6 Å². The van der Waals surface area contributed by atoms with Crippen LogP contribution in [0.5, 0.6) is 5.75 Å². The minimum atomic E-state index is -0.141. The summed E-state index contributed by atoms with van der Waals surface area (Å²) in [5.74, 6) is 0.572. The lowest BCUT2D eigenvalue weighted by molar-refractivity contribution is 0.102. The summed E-state index contributed by atoms with van der Waals surface area (Å²) in [6.07, 6.45) is 0. The number of hydrogen-bond acceptors (Lipinski definition) is 3. The van der Waals surface area contributed by atoms with Crippen molar-refractivity contribution in [3.63, 3.8) is 0 Å². The molecule has 0 radical (unpaired) electrons. The highest BCUT2D eigenvalue weighted by Crippen LogP contribution is 2.23. The van der Waals surface area contributed by atoms with Crippen LogP contribution >= 0.6 is 0 Å². The average Bonchev–Trinajstić information content (AvgIpc) is 2.51. The van der Waals surface area contributed by atoms with Gasteiger partial charge in [-0.25, -0.2) is 0 Å². The smallest absolute Gasteiger partial charge is 0.255 e. The van der Waals surface area contributed by atoms with E-state index in [-0.39, 0.29) is 5.91 Å². The molecule has 0 aliphatic carbocycles. The fourth-order valence-electron chi connectivity index (χ4n) is 2.39. The summed E-state index contributed by atoms with van der Waals surface area (Å²) in [5, 5.41) is 2.98. The molecule has 0 heterocycles. The van der Waals surface area contributed by atoms with Gasteiger partial charge in [-0.15, -0.1) is 0 Å². The van der Waals surface area contributed by atoms with E-state index in [4.69, 9.17) is 9.47 Å². The van der Waals surface area contributed by atoms with E-state index >= 15 is 0 Å². The van der Waals surface area contributed by atoms with Gasteiger partial charge in [-0.1, -0.05) is 18.2 Å². The lowest BCUT2D eigenvalue weighted by Gasteiger charge is -2.13. The molecule has 0 aromatic heterocycles. The fourth-order valence-corrected chi connectivity index (χ4v) is 2.39. The molecule has 22 heavy (non-hydrogen) atoms. The molecule has 0 aliphatic heterocycles. The van der Waals surface area contributed by atoms with Crippen molar-refractivity contribution in [2.75, 3.05) is 19.5 Å². The van der Waals surface area contributed by atoms with Crippen LogP contribution in [0.4, 0.5) is 5.69 Å². The number of amides is 1. The molecule has 1 amide bonds. The van der Waals surface area contributed by atoms with Gasteiger partial charge in [0.25, 0.3) is 5.91 Å². The molecule has 0 spiro atoms. The van der Waals surface area contributed by atoms with E-state index in [9.17, 15) is 4.79 Å². The van der Waals surface area contributed by atoms with Crippen molar-refractivity contribution in [2.24, 2.45) is 0 Å². The zero-order valence-corrected chi connectivity index (χ0v) is 13.4. The standard InChI is InChI=1S/C18H21NO3/c1-12-6-5-7-13(2)17(12)19-18(20)14-8-9-16(22-4)15(10-14)11-21-3/h5-10H,11H2,1-4H3,(H,19,20). The first-order valence-electron chi connectivity index (χ1n) is 7.10. The van der Waals surface area contributed by atoms with Gasteiger partial charge >= 0.3 is 0 Å². The van der Waals surface area contributed by atoms with Crippen LogP contribution in [0, 0.1) is 13.8 Å². The van der Waals surface area contributed by atoms with E-state index in [1.165, 1.54) is 0 Å². The Morgan fingerprint density at radius 1 is 1.09 bits per heavy atom. The van der Waals surface area contributed by atoms with Gasteiger partial charge in [-0.3, -0.25) is 4.79 Å². The number of nitrogens with one attached hydrogen (secondary N) is 1. The van der Waals surface area contributed by atoms with Gasteiger partial charge in [-0.05, 0) is 43.2 Å². The maximum atomic E-state index is 12.5. The molecule has 1 N–H and O–H groups in total. The maximum absolute atomic E-state index is 12.5. The maximum Gasteiger partial charge on any atom is 0.255 e. The second kappa shape index (κ2) is 7.09. The highest BCUT2D eigenvalue weighted by Gasteiger charge is 2.12. The monoisotopic (exact) mass is 299 g/mol. The molecule has 0 fully saturated rings. The molecule has 2 rings (SSSR count). The van der Waals surface area contributed by atoms with Crippen LogP contribution in [0.2, 0.25) is 0 Å². The van der Waals surface area contributed by atoms with Gasteiger partial charge in [0.15, 0.2) is 0 Å². The molecular formula is C18H21NO3. The summed E-state index contributed by atoms with van der Waals surface area (Å²) in [6.45, 7) is 4.35. The van der Waals surface area contributed by atoms with E-state index in [1.807, 2.05) is 32.0 Å². The first kappa shape index (κ1) is 16.0. The summed E-state index contributed by atoms with van der Waals surface area (Å²) in [4.78, 5) is 12.5. The van der Waals surface area contributed by atoms with E-state index in [0.29, 0.717) is 17.9 Å². The third-order valence-electron chi connectivity index (χ3n) is 3.56. The molecule has 2 aromatic rings. The summed E-state index contributed by atoms with van der Waals surface area (Å²) in [6, 6.07) is 11.3. The molecule has 0 aliphatic rings. The van der Waals surface area contributed by atoms with Crippen molar-refractivity contribution in [1.29, 1.82) is 0 Å². The number of rotatable bonds is 5. The molecular weight excluding hydrogens is 278 g/mol. The Hall–Kier alpha value is -2.33. The number of benzene rings is 2. The number of carbonyl (C=O) groups excluding carboxylic acids is 1. The predicted molar refractivity (Wildman–Crippen MR) is 87.6 cm³/mol. The van der Waals surface area contributed by atoms with Crippen molar-refractivity contribution in [2.45, 2.75) is 20.5 Å². The van der Waals surface area contributed by atoms with E-state index in [0.717, 1.165) is 22.4 Å². The lowest BCUT2D eigenvalue weighted by Crippen LogP contribution is -2.14. The molecule has 4 nitrogen and oxygen atoms in total. The number of methoxy groups -OCH3 is 2. The van der Waals surface area contributed by atoms with Crippen molar-refractivity contribution in [3.8, 4) is 5.75 Å². The molecule has 0 saturated heterocycles. The van der Waals surface area contributed by atoms with Crippen LogP contribution in [-0.4, -0.2) is 20.1 Å². The fraction of sp³-hybridized carbons (Fsp3) is 0.278. The summed E-state index contributed by atoms with van der Waals surface area (Å²) >= 11 is 0. The predicted octanol–water partition coefficient (Wildman–Crippen LogP) is 3.71. The molecule has 0 atom stereocenters. The number of carbonyl (C=O) groups is 1. The highest BCUT2D eigenvalue weighted by atomic mass is 16.5. The Bertz CT molecular complexity index is 660. The number of aryl methyl sites for hydroxylation is 2. The van der Waals surface area contributed by atoms with Gasteiger partial charge in [-0.2, -0.15) is 0 Å². The first-order chi connectivity index (χ1) is 10.6. The Morgan fingerprint density at radius 3 is 2.36 bits per heavy atom. The van der Waals surface area contributed by atoms with Crippen LogP contribution in [0.3, 0.4) is 0 Å². The second-order valence-corrected chi connectivity index (χ2v) is 5.18. The van der Waals surface area contributed by atoms with E-state index in [1.54, 1.807) is 32.4 Å². The van der Waals surface area contributed by atoms with Crippen LogP contribution in [0.25, 0.3) is 0 Å². The quantitative estimate of drug-likeness (QED) is 0.915. The number of para-hydroxylation sites is 1. The number of anilines is 1. The first-order valence-corrected chi connectivity index (χ1v) is 7.10. The molecule has 0 unspecified atom stereocenters. The Labute approximate surface area is 131 Å². The lowest BCUT2D eigenvalue weighted by atomic mass is 10.1. The van der Waals surface area contributed by atoms with Crippen LogP contribution < -0.4 is 10.1 Å². The van der Waals surface area contributed by atoms with Gasteiger partial charge < -0.3 is 14.8 Å². The zero-order valence-electron chi connectivity index (χ0n) is 13.4. The summed E-state index contributed by atoms with van der Waals surface area (Å²) < 4.78 is 10.4. The average molecular weight is 299 g/mol. The number of ether oxygens (including phenoxy) is 2. The van der Waals surface area contributed by atoms with Crippen LogP contribution in [-0.2, 0) is 11.3 Å². The van der Waals surface area contributed by atoms with Crippen LogP contribution in [0.1, 0.15) is 27.0 Å². The van der Waals surface area contributed by atoms with Crippen molar-refractivity contribution in [3.05, 3.63) is 58.7 Å². The molecule has 0 saturated carbocycles. The molecule has 4 heteroatoms. The molecule has 2 aromatic carbocycles. The largest absolute Gasteiger partial charge is 0.496 e. The summed E-state index contributed by atoms with van der Waals surface area (Å²) in [7, 11) is 3.22. The van der Waals surface area contributed by atoms with Crippen LogP contribution in [0.15, 0.2) is 36.4 Å². The third kappa shape index (κ3) is 3.46. The van der Waals surface area contributed by atoms with Crippen molar-refractivity contribution in [1.82, 2.24) is 0 Å². The molecule has 116 valence electrons. The van der Waals surface area contributed by atoms with Gasteiger partial charge in [0, 0.05) is 23.9 Å². The number of hydrogen-bond donors (Lipinski definition) is 1. The molecule has 0 bridgehead atoms. The Balaban J connectivity index is 2.28. The minimum Gasteiger partial charge on any atom is -0.496 e. The van der Waals surface area contributed by atoms with E-state index in [2.05, 4.69) is 5.32 Å². The third-order valence-corrected chi connectivity index (χ3v) is 3.56. The topological polar surface area (TPSA) is 47.6 Å². The van der Waals surface area contributed by atoms with Gasteiger partial charge in [0.1, 0.15) is 5.75 Å². The summed E-state index contributed by atoms with van der Waals surface area (Å²) in [5.41, 5.74) is 4.37. The highest BCUT2D eigenvalue weighted by molar-refractivity contribution is 6.05. The van der Waals surface area contributed by atoms with Crippen molar-refractivity contribution < 1.29 is 14.3 Å². The Kier molecular flexibility index (Phi) is 5.17. The minimum absolute atomic E-state index is 0.141. The van der Waals surface area contributed by atoms with Gasteiger partial charge in [0.2, 0.25) is 0 Å². The normalized spacial score (nSPS) is 10.4. The second-order valence-electron chi connectivity index (χ2n) is 5.18. The Morgan fingerprint density at radius 2 is 1.77 bits per heavy atom.